The van der Waals surface area contributed by atoms with E-state index < -0.39 is 22.7 Å². The zero-order valence-corrected chi connectivity index (χ0v) is 16.7. The van der Waals surface area contributed by atoms with Crippen LogP contribution >= 0.6 is 0 Å². The van der Waals surface area contributed by atoms with Gasteiger partial charge in [-0.1, -0.05) is 0 Å². The quantitative estimate of drug-likeness (QED) is 0.286. The second-order valence-corrected chi connectivity index (χ2v) is 5.90. The Labute approximate surface area is 171 Å². The molecule has 1 N–H and O–H groups in total. The standard InChI is InChI=1S/C19H20N4O7/c1-11(24)18(19(25)20-15-10-13(28-2)6-8-16(15)29-3)22-21-14-7-5-12(23(26)27)9-17(14)30-4/h5-10,18H,1-4H3,(H,20,25). The first kappa shape index (κ1) is 22.3. The summed E-state index contributed by atoms with van der Waals surface area (Å²) in [6, 6.07) is 7.00. The molecule has 0 bridgehead atoms. The first-order valence-corrected chi connectivity index (χ1v) is 8.57. The molecule has 2 aromatic carbocycles. The number of carbonyl (C=O) groups is 2. The van der Waals surface area contributed by atoms with Gasteiger partial charge in [-0.3, -0.25) is 19.7 Å². The summed E-state index contributed by atoms with van der Waals surface area (Å²) in [4.78, 5) is 34.9. The number of nitrogens with zero attached hydrogens (tertiary/aromatic N) is 3. The van der Waals surface area contributed by atoms with Crippen molar-refractivity contribution in [1.29, 1.82) is 0 Å². The van der Waals surface area contributed by atoms with Gasteiger partial charge in [-0.2, -0.15) is 10.2 Å². The minimum atomic E-state index is -1.46. The first-order chi connectivity index (χ1) is 14.3. The Bertz CT molecular complexity index is 991. The van der Waals surface area contributed by atoms with Crippen molar-refractivity contribution in [2.24, 2.45) is 10.2 Å². The Balaban J connectivity index is 2.29. The van der Waals surface area contributed by atoms with Crippen LogP contribution in [-0.2, 0) is 9.59 Å². The number of rotatable bonds is 9. The fourth-order valence-electron chi connectivity index (χ4n) is 2.41. The molecule has 0 heterocycles. The smallest absolute Gasteiger partial charge is 0.273 e. The van der Waals surface area contributed by atoms with Crippen molar-refractivity contribution in [3.05, 3.63) is 46.5 Å². The predicted molar refractivity (Wildman–Crippen MR) is 107 cm³/mol. The van der Waals surface area contributed by atoms with Crippen molar-refractivity contribution in [2.75, 3.05) is 26.6 Å². The Morgan fingerprint density at radius 1 is 1.03 bits per heavy atom. The van der Waals surface area contributed by atoms with Gasteiger partial charge in [-0.15, -0.1) is 0 Å². The maximum absolute atomic E-state index is 12.6. The molecule has 0 saturated carbocycles. The fourth-order valence-corrected chi connectivity index (χ4v) is 2.41. The van der Waals surface area contributed by atoms with Gasteiger partial charge in [0.1, 0.15) is 17.2 Å². The molecule has 2 rings (SSSR count). The summed E-state index contributed by atoms with van der Waals surface area (Å²) in [7, 11) is 4.21. The number of ketones is 1. The minimum absolute atomic E-state index is 0.0742. The number of carbonyl (C=O) groups excluding carboxylic acids is 2. The van der Waals surface area contributed by atoms with Crippen LogP contribution in [0.5, 0.6) is 17.2 Å². The number of ether oxygens (including phenoxy) is 3. The molecule has 0 aliphatic heterocycles. The number of azo groups is 1. The minimum Gasteiger partial charge on any atom is -0.497 e. The van der Waals surface area contributed by atoms with Crippen LogP contribution in [0, 0.1) is 10.1 Å². The maximum atomic E-state index is 12.6. The third-order valence-corrected chi connectivity index (χ3v) is 3.95. The molecular formula is C19H20N4O7. The number of hydrogen-bond acceptors (Lipinski definition) is 9. The number of hydrogen-bond donors (Lipinski definition) is 1. The number of non-ortho nitro benzene ring substituents is 1. The van der Waals surface area contributed by atoms with E-state index in [1.165, 1.54) is 46.5 Å². The Hall–Kier alpha value is -4.02. The van der Waals surface area contributed by atoms with E-state index in [1.807, 2.05) is 0 Å². The third kappa shape index (κ3) is 5.28. The summed E-state index contributed by atoms with van der Waals surface area (Å²) in [5, 5.41) is 21.1. The zero-order chi connectivity index (χ0) is 22.3. The lowest BCUT2D eigenvalue weighted by Gasteiger charge is -2.13. The van der Waals surface area contributed by atoms with Gasteiger partial charge >= 0.3 is 0 Å². The van der Waals surface area contributed by atoms with Crippen LogP contribution < -0.4 is 19.5 Å². The van der Waals surface area contributed by atoms with Gasteiger partial charge in [0.25, 0.3) is 11.6 Å². The molecule has 0 spiro atoms. The second-order valence-electron chi connectivity index (χ2n) is 5.90. The normalized spacial score (nSPS) is 11.6. The Morgan fingerprint density at radius 2 is 1.73 bits per heavy atom. The van der Waals surface area contributed by atoms with Crippen molar-refractivity contribution in [3.8, 4) is 17.2 Å². The fraction of sp³-hybridized carbons (Fsp3) is 0.263. The van der Waals surface area contributed by atoms with Crippen LogP contribution in [0.15, 0.2) is 46.6 Å². The highest BCUT2D eigenvalue weighted by atomic mass is 16.6. The molecule has 30 heavy (non-hydrogen) atoms. The van der Waals surface area contributed by atoms with Crippen LogP contribution in [0.1, 0.15) is 6.92 Å². The molecular weight excluding hydrogens is 396 g/mol. The SMILES string of the molecule is COc1ccc(OC)c(NC(=O)C(N=Nc2ccc([N+](=O)[O-])cc2OC)C(C)=O)c1. The van der Waals surface area contributed by atoms with E-state index in [2.05, 4.69) is 15.5 Å². The highest BCUT2D eigenvalue weighted by Gasteiger charge is 2.25. The van der Waals surface area contributed by atoms with E-state index in [0.29, 0.717) is 11.5 Å². The molecule has 11 heteroatoms. The summed E-state index contributed by atoms with van der Waals surface area (Å²) in [6.45, 7) is 1.19. The van der Waals surface area contributed by atoms with Gasteiger partial charge in [0.2, 0.25) is 6.04 Å². The molecule has 0 saturated heterocycles. The van der Waals surface area contributed by atoms with Crippen molar-refractivity contribution in [2.45, 2.75) is 13.0 Å². The van der Waals surface area contributed by atoms with Gasteiger partial charge in [0.15, 0.2) is 11.5 Å². The molecule has 0 aliphatic rings. The molecule has 11 nitrogen and oxygen atoms in total. The molecule has 0 aromatic heterocycles. The summed E-state index contributed by atoms with van der Waals surface area (Å²) in [6.07, 6.45) is 0. The van der Waals surface area contributed by atoms with Gasteiger partial charge in [0, 0.05) is 12.1 Å². The Morgan fingerprint density at radius 3 is 2.30 bits per heavy atom. The third-order valence-electron chi connectivity index (χ3n) is 3.95. The number of nitro benzene ring substituents is 1. The highest BCUT2D eigenvalue weighted by Crippen LogP contribution is 2.32. The van der Waals surface area contributed by atoms with E-state index >= 15 is 0 Å². The lowest BCUT2D eigenvalue weighted by Crippen LogP contribution is -2.32. The zero-order valence-electron chi connectivity index (χ0n) is 16.7. The van der Waals surface area contributed by atoms with E-state index in [1.54, 1.807) is 12.1 Å². The maximum Gasteiger partial charge on any atom is 0.273 e. The largest absolute Gasteiger partial charge is 0.497 e. The number of anilines is 1. The van der Waals surface area contributed by atoms with Crippen LogP contribution in [0.3, 0.4) is 0 Å². The number of nitro groups is 1. The van der Waals surface area contributed by atoms with Crippen molar-refractivity contribution in [3.63, 3.8) is 0 Å². The van der Waals surface area contributed by atoms with E-state index in [0.717, 1.165) is 6.07 Å². The van der Waals surface area contributed by atoms with Crippen molar-refractivity contribution < 1.29 is 28.7 Å². The molecule has 1 amide bonds. The van der Waals surface area contributed by atoms with E-state index in [9.17, 15) is 19.7 Å². The molecule has 158 valence electrons. The van der Waals surface area contributed by atoms with Gasteiger partial charge < -0.3 is 19.5 Å². The molecule has 0 radical (unpaired) electrons. The van der Waals surface area contributed by atoms with E-state index in [-0.39, 0.29) is 22.8 Å². The van der Waals surface area contributed by atoms with Gasteiger partial charge in [-0.05, 0) is 25.1 Å². The van der Waals surface area contributed by atoms with Gasteiger partial charge in [-0.25, -0.2) is 0 Å². The Kier molecular flexibility index (Phi) is 7.39. The first-order valence-electron chi connectivity index (χ1n) is 8.57. The summed E-state index contributed by atoms with van der Waals surface area (Å²) in [5.74, 6) is -0.383. The van der Waals surface area contributed by atoms with E-state index in [4.69, 9.17) is 14.2 Å². The average molecular weight is 416 g/mol. The second kappa shape index (κ2) is 9.96. The van der Waals surface area contributed by atoms with Crippen LogP contribution in [-0.4, -0.2) is 44.0 Å². The monoisotopic (exact) mass is 416 g/mol. The molecule has 1 unspecified atom stereocenters. The molecule has 0 aliphatic carbocycles. The molecule has 0 fully saturated rings. The average Bonchev–Trinajstić information content (AvgIpc) is 2.73. The number of nitrogens with one attached hydrogen (secondary N) is 1. The number of Topliss-reactive ketones (excluding diaryl/α,β-unsaturated/α-hetero) is 1. The lowest BCUT2D eigenvalue weighted by molar-refractivity contribution is -0.384. The van der Waals surface area contributed by atoms with Crippen LogP contribution in [0.25, 0.3) is 0 Å². The molecule has 1 atom stereocenters. The number of methoxy groups -OCH3 is 3. The lowest BCUT2D eigenvalue weighted by atomic mass is 10.2. The summed E-state index contributed by atoms with van der Waals surface area (Å²) >= 11 is 0. The van der Waals surface area contributed by atoms with Crippen LogP contribution in [0.4, 0.5) is 17.1 Å². The molecule has 2 aromatic rings. The summed E-state index contributed by atoms with van der Waals surface area (Å²) in [5.41, 5.74) is 0.217. The number of amides is 1. The number of benzene rings is 2. The van der Waals surface area contributed by atoms with Gasteiger partial charge in [0.05, 0.1) is 38.0 Å². The summed E-state index contributed by atoms with van der Waals surface area (Å²) < 4.78 is 15.4. The van der Waals surface area contributed by atoms with Crippen LogP contribution in [0.2, 0.25) is 0 Å². The van der Waals surface area contributed by atoms with Crippen molar-refractivity contribution in [1.82, 2.24) is 0 Å². The van der Waals surface area contributed by atoms with Crippen molar-refractivity contribution >= 4 is 28.8 Å². The topological polar surface area (TPSA) is 142 Å². The predicted octanol–water partition coefficient (Wildman–Crippen LogP) is 3.30. The highest BCUT2D eigenvalue weighted by molar-refractivity contribution is 6.10.